The molecule has 0 spiro atoms. The van der Waals surface area contributed by atoms with Gasteiger partial charge in [-0.2, -0.15) is 0 Å². The van der Waals surface area contributed by atoms with Gasteiger partial charge in [-0.25, -0.2) is 0 Å². The summed E-state index contributed by atoms with van der Waals surface area (Å²) >= 11 is 0. The van der Waals surface area contributed by atoms with Crippen molar-refractivity contribution in [1.82, 2.24) is 4.57 Å². The van der Waals surface area contributed by atoms with Gasteiger partial charge >= 0.3 is 0 Å². The highest BCUT2D eigenvalue weighted by atomic mass is 16.2. The summed E-state index contributed by atoms with van der Waals surface area (Å²) in [5.74, 6) is 0.000769. The fourth-order valence-corrected chi connectivity index (χ4v) is 3.88. The van der Waals surface area contributed by atoms with Gasteiger partial charge in [0, 0.05) is 35.1 Å². The highest BCUT2D eigenvalue weighted by Gasteiger charge is 2.31. The summed E-state index contributed by atoms with van der Waals surface area (Å²) in [7, 11) is 0. The van der Waals surface area contributed by atoms with Crippen molar-refractivity contribution >= 4 is 16.6 Å². The molecule has 0 saturated heterocycles. The van der Waals surface area contributed by atoms with Crippen molar-refractivity contribution in [2.45, 2.75) is 32.2 Å². The number of carbonyl (C=O) groups excluding carboxylic acids is 1. The molecule has 26 heavy (non-hydrogen) atoms. The maximum Gasteiger partial charge on any atom is 0.258 e. The quantitative estimate of drug-likeness (QED) is 0.540. The molecular formula is C22H21NO3. The van der Waals surface area contributed by atoms with Crippen molar-refractivity contribution in [3.8, 4) is 11.3 Å². The van der Waals surface area contributed by atoms with E-state index >= 15 is 0 Å². The summed E-state index contributed by atoms with van der Waals surface area (Å²) < 4.78 is 1.78. The van der Waals surface area contributed by atoms with Gasteiger partial charge in [-0.15, -0.1) is 0 Å². The van der Waals surface area contributed by atoms with Gasteiger partial charge in [0.15, 0.2) is 5.78 Å². The Labute approximate surface area is 151 Å². The SMILES string of the molecule is O=C1c2ccccc2-c2c1c1ccccc1c(=O)n2CCCCCCO. The first kappa shape index (κ1) is 16.7. The summed E-state index contributed by atoms with van der Waals surface area (Å²) in [6.45, 7) is 0.784. The van der Waals surface area contributed by atoms with Gasteiger partial charge in [-0.1, -0.05) is 55.3 Å². The fourth-order valence-electron chi connectivity index (χ4n) is 3.88. The molecule has 0 aliphatic heterocycles. The second kappa shape index (κ2) is 6.89. The third-order valence-corrected chi connectivity index (χ3v) is 5.12. The smallest absolute Gasteiger partial charge is 0.258 e. The molecule has 3 aromatic rings. The van der Waals surface area contributed by atoms with Crippen LogP contribution in [0.4, 0.5) is 0 Å². The molecule has 0 amide bonds. The van der Waals surface area contributed by atoms with Crippen LogP contribution in [0.15, 0.2) is 53.3 Å². The summed E-state index contributed by atoms with van der Waals surface area (Å²) in [5, 5.41) is 10.3. The second-order valence-electron chi connectivity index (χ2n) is 6.74. The van der Waals surface area contributed by atoms with Gasteiger partial charge in [0.1, 0.15) is 0 Å². The first-order chi connectivity index (χ1) is 12.7. The summed E-state index contributed by atoms with van der Waals surface area (Å²) in [5.41, 5.74) is 2.90. The number of ketones is 1. The van der Waals surface area contributed by atoms with Gasteiger partial charge in [-0.3, -0.25) is 9.59 Å². The van der Waals surface area contributed by atoms with E-state index in [-0.39, 0.29) is 17.9 Å². The number of rotatable bonds is 6. The normalized spacial score (nSPS) is 12.4. The van der Waals surface area contributed by atoms with Gasteiger partial charge in [0.2, 0.25) is 0 Å². The Morgan fingerprint density at radius 3 is 2.19 bits per heavy atom. The van der Waals surface area contributed by atoms with Crippen LogP contribution in [-0.4, -0.2) is 22.1 Å². The molecule has 0 unspecified atom stereocenters. The van der Waals surface area contributed by atoms with Crippen molar-refractivity contribution in [3.63, 3.8) is 0 Å². The number of benzene rings is 2. The molecule has 4 rings (SSSR count). The van der Waals surface area contributed by atoms with Crippen LogP contribution in [0.1, 0.15) is 41.6 Å². The van der Waals surface area contributed by atoms with Gasteiger partial charge in [0.05, 0.1) is 11.3 Å². The number of fused-ring (bicyclic) bond motifs is 5. The Morgan fingerprint density at radius 1 is 0.769 bits per heavy atom. The van der Waals surface area contributed by atoms with E-state index in [0.717, 1.165) is 42.3 Å². The standard InChI is InChI=1S/C22H21NO3/c24-14-8-2-1-7-13-23-20-16-10-4-5-11-17(16)21(25)19(20)15-9-3-6-12-18(15)22(23)26/h3-6,9-12,24H,1-2,7-8,13-14H2. The highest BCUT2D eigenvalue weighted by molar-refractivity contribution is 6.26. The lowest BCUT2D eigenvalue weighted by molar-refractivity contribution is 0.104. The Kier molecular flexibility index (Phi) is 4.43. The minimum atomic E-state index is -0.0361. The molecule has 1 heterocycles. The number of aliphatic hydroxyl groups excluding tert-OH is 1. The maximum atomic E-state index is 13.1. The van der Waals surface area contributed by atoms with Crippen molar-refractivity contribution in [2.75, 3.05) is 6.61 Å². The van der Waals surface area contributed by atoms with Gasteiger partial charge in [-0.05, 0) is 18.9 Å². The van der Waals surface area contributed by atoms with E-state index in [1.165, 1.54) is 0 Å². The second-order valence-corrected chi connectivity index (χ2v) is 6.74. The molecule has 0 saturated carbocycles. The zero-order chi connectivity index (χ0) is 18.1. The minimum Gasteiger partial charge on any atom is -0.396 e. The molecule has 1 N–H and O–H groups in total. The lowest BCUT2D eigenvalue weighted by Crippen LogP contribution is -2.23. The maximum absolute atomic E-state index is 13.1. The van der Waals surface area contributed by atoms with Crippen LogP contribution in [0.25, 0.3) is 22.0 Å². The third kappa shape index (κ3) is 2.58. The first-order valence-corrected chi connectivity index (χ1v) is 9.14. The number of aliphatic hydroxyl groups is 1. The summed E-state index contributed by atoms with van der Waals surface area (Å²) in [6, 6.07) is 14.9. The van der Waals surface area contributed by atoms with E-state index in [4.69, 9.17) is 5.11 Å². The van der Waals surface area contributed by atoms with E-state index in [1.807, 2.05) is 42.5 Å². The molecule has 2 aromatic carbocycles. The van der Waals surface area contributed by atoms with E-state index in [2.05, 4.69) is 0 Å². The number of hydrogen-bond acceptors (Lipinski definition) is 3. The fraction of sp³-hybridized carbons (Fsp3) is 0.273. The lowest BCUT2D eigenvalue weighted by Gasteiger charge is -2.15. The average Bonchev–Trinajstić information content (AvgIpc) is 2.97. The number of hydrogen-bond donors (Lipinski definition) is 1. The van der Waals surface area contributed by atoms with Crippen molar-refractivity contribution < 1.29 is 9.90 Å². The lowest BCUT2D eigenvalue weighted by atomic mass is 10.0. The number of unbranched alkanes of at least 4 members (excludes halogenated alkanes) is 3. The topological polar surface area (TPSA) is 59.3 Å². The predicted molar refractivity (Wildman–Crippen MR) is 103 cm³/mol. The number of aromatic nitrogens is 1. The van der Waals surface area contributed by atoms with Crippen LogP contribution in [0.3, 0.4) is 0 Å². The van der Waals surface area contributed by atoms with Crippen LogP contribution in [0.2, 0.25) is 0 Å². The van der Waals surface area contributed by atoms with Crippen LogP contribution in [0, 0.1) is 0 Å². The molecule has 0 bridgehead atoms. The molecule has 1 aliphatic carbocycles. The molecule has 0 radical (unpaired) electrons. The Hall–Kier alpha value is -2.72. The van der Waals surface area contributed by atoms with E-state index in [1.54, 1.807) is 10.6 Å². The molecule has 1 aliphatic rings. The number of nitrogens with zero attached hydrogens (tertiary/aromatic N) is 1. The zero-order valence-electron chi connectivity index (χ0n) is 14.6. The van der Waals surface area contributed by atoms with E-state index in [0.29, 0.717) is 23.1 Å². The molecule has 0 fully saturated rings. The number of carbonyl (C=O) groups is 1. The largest absolute Gasteiger partial charge is 0.396 e. The summed E-state index contributed by atoms with van der Waals surface area (Å²) in [4.78, 5) is 26.2. The van der Waals surface area contributed by atoms with Crippen LogP contribution >= 0.6 is 0 Å². The molecule has 4 heteroatoms. The Balaban J connectivity index is 1.88. The minimum absolute atomic E-state index is 0.000769. The highest BCUT2D eigenvalue weighted by Crippen LogP contribution is 2.39. The Bertz CT molecular complexity index is 1050. The average molecular weight is 347 g/mol. The summed E-state index contributed by atoms with van der Waals surface area (Å²) in [6.07, 6.45) is 3.52. The Morgan fingerprint density at radius 2 is 1.42 bits per heavy atom. The van der Waals surface area contributed by atoms with E-state index < -0.39 is 0 Å². The van der Waals surface area contributed by atoms with Gasteiger partial charge < -0.3 is 9.67 Å². The van der Waals surface area contributed by atoms with Crippen LogP contribution in [-0.2, 0) is 6.54 Å². The van der Waals surface area contributed by atoms with Crippen LogP contribution < -0.4 is 5.56 Å². The molecule has 1 aromatic heterocycles. The van der Waals surface area contributed by atoms with Crippen molar-refractivity contribution in [1.29, 1.82) is 0 Å². The van der Waals surface area contributed by atoms with Crippen molar-refractivity contribution in [3.05, 3.63) is 70.0 Å². The number of pyridine rings is 1. The third-order valence-electron chi connectivity index (χ3n) is 5.12. The van der Waals surface area contributed by atoms with Gasteiger partial charge in [0.25, 0.3) is 5.56 Å². The molecule has 4 nitrogen and oxygen atoms in total. The van der Waals surface area contributed by atoms with Crippen LogP contribution in [0.5, 0.6) is 0 Å². The molecule has 132 valence electrons. The monoisotopic (exact) mass is 347 g/mol. The van der Waals surface area contributed by atoms with E-state index in [9.17, 15) is 9.59 Å². The molecular weight excluding hydrogens is 326 g/mol. The predicted octanol–water partition coefficient (Wildman–Crippen LogP) is 3.77. The molecule has 0 atom stereocenters. The first-order valence-electron chi connectivity index (χ1n) is 9.14. The zero-order valence-corrected chi connectivity index (χ0v) is 14.6. The van der Waals surface area contributed by atoms with Crippen molar-refractivity contribution in [2.24, 2.45) is 0 Å².